The molecule has 0 aliphatic carbocycles. The molecule has 0 aromatic heterocycles. The summed E-state index contributed by atoms with van der Waals surface area (Å²) in [5, 5.41) is 0. The summed E-state index contributed by atoms with van der Waals surface area (Å²) >= 11 is 5.65. The minimum atomic E-state index is -0.00823. The topological polar surface area (TPSA) is 29.5 Å². The van der Waals surface area contributed by atoms with Gasteiger partial charge in [0.25, 0.3) is 0 Å². The van der Waals surface area contributed by atoms with Crippen LogP contribution in [0.4, 0.5) is 0 Å². The van der Waals surface area contributed by atoms with E-state index in [9.17, 15) is 4.79 Å². The maximum Gasteiger partial charge on any atom is 0.237 e. The summed E-state index contributed by atoms with van der Waals surface area (Å²) < 4.78 is 5.04. The van der Waals surface area contributed by atoms with Gasteiger partial charge in [0.05, 0.1) is 6.61 Å². The van der Waals surface area contributed by atoms with Crippen LogP contribution >= 0.6 is 11.6 Å². The van der Waals surface area contributed by atoms with Crippen molar-refractivity contribution >= 4 is 17.5 Å². The van der Waals surface area contributed by atoms with Crippen LogP contribution in [0.2, 0.25) is 0 Å². The fraction of sp³-hybridized carbons (Fsp3) is 0.917. The molecule has 1 amide bonds. The maximum atomic E-state index is 11.8. The van der Waals surface area contributed by atoms with Gasteiger partial charge in [0.2, 0.25) is 5.91 Å². The molecule has 4 heteroatoms. The van der Waals surface area contributed by atoms with Gasteiger partial charge >= 0.3 is 0 Å². The molecule has 0 atom stereocenters. The Morgan fingerprint density at radius 3 is 2.06 bits per heavy atom. The van der Waals surface area contributed by atoms with Gasteiger partial charge in [0, 0.05) is 19.7 Å². The molecule has 0 radical (unpaired) electrons. The number of rotatable bonds is 7. The third-order valence-electron chi connectivity index (χ3n) is 2.70. The first kappa shape index (κ1) is 15.7. The third kappa shape index (κ3) is 4.71. The molecule has 0 rings (SSSR count). The van der Waals surface area contributed by atoms with E-state index in [1.54, 1.807) is 7.11 Å². The van der Waals surface area contributed by atoms with Crippen molar-refractivity contribution in [1.82, 2.24) is 4.90 Å². The van der Waals surface area contributed by atoms with E-state index in [1.165, 1.54) is 0 Å². The molecule has 0 spiro atoms. The van der Waals surface area contributed by atoms with Crippen LogP contribution in [0.5, 0.6) is 0 Å². The zero-order chi connectivity index (χ0) is 12.7. The number of halogens is 1. The molecular weight excluding hydrogens is 226 g/mol. The second kappa shape index (κ2) is 7.91. The molecule has 0 aromatic rings. The van der Waals surface area contributed by atoms with Gasteiger partial charge in [-0.25, -0.2) is 0 Å². The fourth-order valence-electron chi connectivity index (χ4n) is 2.20. The molecule has 0 N–H and O–H groups in total. The summed E-state index contributed by atoms with van der Waals surface area (Å²) in [4.78, 5) is 13.7. The summed E-state index contributed by atoms with van der Waals surface area (Å²) in [6, 6.07) is 0.224. The number of nitrogens with zero attached hydrogens (tertiary/aromatic N) is 1. The molecule has 16 heavy (non-hydrogen) atoms. The van der Waals surface area contributed by atoms with Crippen molar-refractivity contribution in [3.63, 3.8) is 0 Å². The van der Waals surface area contributed by atoms with Crippen molar-refractivity contribution < 1.29 is 9.53 Å². The van der Waals surface area contributed by atoms with Gasteiger partial charge in [-0.15, -0.1) is 11.6 Å². The van der Waals surface area contributed by atoms with Crippen molar-refractivity contribution in [2.75, 3.05) is 26.1 Å². The van der Waals surface area contributed by atoms with Crippen molar-refractivity contribution in [2.45, 2.75) is 33.7 Å². The zero-order valence-corrected chi connectivity index (χ0v) is 11.8. The normalized spacial score (nSPS) is 11.6. The number of hydrogen-bond donors (Lipinski definition) is 0. The maximum absolute atomic E-state index is 11.8. The highest BCUT2D eigenvalue weighted by Gasteiger charge is 2.27. The molecular formula is C12H24ClNO2. The van der Waals surface area contributed by atoms with E-state index in [1.807, 2.05) is 4.90 Å². The second-order valence-corrected chi connectivity index (χ2v) is 4.96. The van der Waals surface area contributed by atoms with Crippen LogP contribution in [0.25, 0.3) is 0 Å². The van der Waals surface area contributed by atoms with Crippen LogP contribution in [0.1, 0.15) is 27.7 Å². The quantitative estimate of drug-likeness (QED) is 0.649. The first-order chi connectivity index (χ1) is 7.45. The Morgan fingerprint density at radius 2 is 1.75 bits per heavy atom. The molecule has 3 nitrogen and oxygen atoms in total. The summed E-state index contributed by atoms with van der Waals surface area (Å²) in [5.41, 5.74) is 0. The monoisotopic (exact) mass is 249 g/mol. The van der Waals surface area contributed by atoms with E-state index in [4.69, 9.17) is 16.3 Å². The summed E-state index contributed by atoms with van der Waals surface area (Å²) in [6.45, 7) is 9.69. The average Bonchev–Trinajstić information content (AvgIpc) is 2.21. The molecule has 0 aromatic carbocycles. The molecule has 0 bridgehead atoms. The van der Waals surface area contributed by atoms with Crippen LogP contribution in [0.15, 0.2) is 0 Å². The largest absolute Gasteiger partial charge is 0.383 e. The lowest BCUT2D eigenvalue weighted by Gasteiger charge is -2.37. The number of alkyl halides is 1. The van der Waals surface area contributed by atoms with E-state index in [-0.39, 0.29) is 17.8 Å². The fourth-order valence-corrected chi connectivity index (χ4v) is 2.35. The summed E-state index contributed by atoms with van der Waals surface area (Å²) in [5.74, 6) is 0.874. The van der Waals surface area contributed by atoms with Gasteiger partial charge < -0.3 is 9.64 Å². The van der Waals surface area contributed by atoms with E-state index in [0.717, 1.165) is 0 Å². The van der Waals surface area contributed by atoms with Gasteiger partial charge in [0.15, 0.2) is 0 Å². The van der Waals surface area contributed by atoms with Gasteiger partial charge in [-0.3, -0.25) is 4.79 Å². The third-order valence-corrected chi connectivity index (χ3v) is 2.93. The molecule has 0 fully saturated rings. The SMILES string of the molecule is COCCN(C(=O)CCl)C(C(C)C)C(C)C. The van der Waals surface area contributed by atoms with Crippen LogP contribution in [-0.2, 0) is 9.53 Å². The molecule has 0 heterocycles. The van der Waals surface area contributed by atoms with E-state index in [0.29, 0.717) is 25.0 Å². The first-order valence-corrected chi connectivity index (χ1v) is 6.33. The Kier molecular flexibility index (Phi) is 7.77. The van der Waals surface area contributed by atoms with Crippen molar-refractivity contribution in [3.8, 4) is 0 Å². The van der Waals surface area contributed by atoms with E-state index < -0.39 is 0 Å². The average molecular weight is 250 g/mol. The van der Waals surface area contributed by atoms with Crippen LogP contribution in [0, 0.1) is 11.8 Å². The van der Waals surface area contributed by atoms with Gasteiger partial charge in [-0.1, -0.05) is 27.7 Å². The Bertz CT molecular complexity index is 199. The highest BCUT2D eigenvalue weighted by molar-refractivity contribution is 6.27. The second-order valence-electron chi connectivity index (χ2n) is 4.69. The minimum absolute atomic E-state index is 0.00823. The zero-order valence-electron chi connectivity index (χ0n) is 11.0. The van der Waals surface area contributed by atoms with Crippen LogP contribution < -0.4 is 0 Å². The number of methoxy groups -OCH3 is 1. The number of carbonyl (C=O) groups is 1. The predicted octanol–water partition coefficient (Wildman–Crippen LogP) is 2.38. The Labute approximate surface area is 104 Å². The smallest absolute Gasteiger partial charge is 0.237 e. The molecule has 0 unspecified atom stereocenters. The van der Waals surface area contributed by atoms with Gasteiger partial charge in [0.1, 0.15) is 5.88 Å². The molecule has 0 saturated heterocycles. The van der Waals surface area contributed by atoms with Crippen molar-refractivity contribution in [3.05, 3.63) is 0 Å². The van der Waals surface area contributed by atoms with Crippen LogP contribution in [0.3, 0.4) is 0 Å². The lowest BCUT2D eigenvalue weighted by atomic mass is 9.91. The van der Waals surface area contributed by atoms with Crippen molar-refractivity contribution in [1.29, 1.82) is 0 Å². The van der Waals surface area contributed by atoms with E-state index in [2.05, 4.69) is 27.7 Å². The highest BCUT2D eigenvalue weighted by atomic mass is 35.5. The Morgan fingerprint density at radius 1 is 1.25 bits per heavy atom. The predicted molar refractivity (Wildman–Crippen MR) is 67.8 cm³/mol. The van der Waals surface area contributed by atoms with E-state index >= 15 is 0 Å². The van der Waals surface area contributed by atoms with Gasteiger partial charge in [-0.05, 0) is 11.8 Å². The lowest BCUT2D eigenvalue weighted by Crippen LogP contribution is -2.48. The number of hydrogen-bond acceptors (Lipinski definition) is 2. The Hall–Kier alpha value is -0.280. The molecule has 0 saturated carbocycles. The van der Waals surface area contributed by atoms with Crippen LogP contribution in [-0.4, -0.2) is 43.0 Å². The standard InChI is InChI=1S/C12H24ClNO2/c1-9(2)12(10(3)4)14(6-7-16-5)11(15)8-13/h9-10,12H,6-8H2,1-5H3. The number of amides is 1. The number of ether oxygens (including phenoxy) is 1. The highest BCUT2D eigenvalue weighted by Crippen LogP contribution is 2.19. The molecule has 96 valence electrons. The summed E-state index contributed by atoms with van der Waals surface area (Å²) in [6.07, 6.45) is 0. The summed E-state index contributed by atoms with van der Waals surface area (Å²) in [7, 11) is 1.64. The first-order valence-electron chi connectivity index (χ1n) is 5.80. The molecule has 0 aliphatic heterocycles. The lowest BCUT2D eigenvalue weighted by molar-refractivity contribution is -0.133. The minimum Gasteiger partial charge on any atom is -0.383 e. The van der Waals surface area contributed by atoms with Gasteiger partial charge in [-0.2, -0.15) is 0 Å². The van der Waals surface area contributed by atoms with Crippen molar-refractivity contribution in [2.24, 2.45) is 11.8 Å². The molecule has 0 aliphatic rings. The number of carbonyl (C=O) groups excluding carboxylic acids is 1. The Balaban J connectivity index is 4.74.